The minimum Gasteiger partial charge on any atom is -0.396 e. The van der Waals surface area contributed by atoms with Gasteiger partial charge in [0.25, 0.3) is 0 Å². The zero-order valence-corrected chi connectivity index (χ0v) is 10.7. The van der Waals surface area contributed by atoms with Crippen LogP contribution in [0.15, 0.2) is 0 Å². The molecule has 0 heterocycles. The quantitative estimate of drug-likeness (QED) is 0.696. The Morgan fingerprint density at radius 1 is 1.25 bits per heavy atom. The van der Waals surface area contributed by atoms with E-state index in [1.54, 1.807) is 0 Å². The predicted octanol–water partition coefficient (Wildman–Crippen LogP) is 1.60. The lowest BCUT2D eigenvalue weighted by Gasteiger charge is -2.40. The molecule has 1 aliphatic carbocycles. The van der Waals surface area contributed by atoms with Crippen LogP contribution in [0.2, 0.25) is 0 Å². The third kappa shape index (κ3) is 4.04. The molecule has 0 aromatic rings. The molecular weight excluding hydrogens is 200 g/mol. The second-order valence-corrected chi connectivity index (χ2v) is 5.21. The highest BCUT2D eigenvalue weighted by molar-refractivity contribution is 4.86. The molecule has 0 spiro atoms. The molecule has 96 valence electrons. The highest BCUT2D eigenvalue weighted by Gasteiger charge is 2.31. The van der Waals surface area contributed by atoms with E-state index < -0.39 is 0 Å². The van der Waals surface area contributed by atoms with Gasteiger partial charge in [-0.1, -0.05) is 26.2 Å². The van der Waals surface area contributed by atoms with Gasteiger partial charge in [0.1, 0.15) is 0 Å². The molecule has 1 aliphatic rings. The van der Waals surface area contributed by atoms with Crippen molar-refractivity contribution in [2.45, 2.75) is 45.4 Å². The summed E-state index contributed by atoms with van der Waals surface area (Å²) in [6.07, 6.45) is 7.53. The van der Waals surface area contributed by atoms with Crippen molar-refractivity contribution in [3.05, 3.63) is 0 Å². The van der Waals surface area contributed by atoms with Crippen LogP contribution in [0.5, 0.6) is 0 Å². The van der Waals surface area contributed by atoms with Gasteiger partial charge in [-0.3, -0.25) is 0 Å². The summed E-state index contributed by atoms with van der Waals surface area (Å²) in [4.78, 5) is 2.45. The Morgan fingerprint density at radius 2 is 1.94 bits per heavy atom. The van der Waals surface area contributed by atoms with Gasteiger partial charge in [0.15, 0.2) is 0 Å². The first kappa shape index (κ1) is 13.9. The molecule has 0 unspecified atom stereocenters. The Kier molecular flexibility index (Phi) is 6.32. The summed E-state index contributed by atoms with van der Waals surface area (Å²) in [7, 11) is 0. The number of nitrogens with zero attached hydrogens (tertiary/aromatic N) is 1. The molecule has 0 aromatic carbocycles. The Morgan fingerprint density at radius 3 is 2.44 bits per heavy atom. The van der Waals surface area contributed by atoms with E-state index in [9.17, 15) is 0 Å². The number of aliphatic hydroxyl groups is 1. The molecule has 1 fully saturated rings. The highest BCUT2D eigenvalue weighted by Crippen LogP contribution is 2.36. The van der Waals surface area contributed by atoms with Crippen molar-refractivity contribution in [1.82, 2.24) is 4.90 Å². The van der Waals surface area contributed by atoms with E-state index in [2.05, 4.69) is 11.8 Å². The van der Waals surface area contributed by atoms with E-state index in [-0.39, 0.29) is 0 Å². The van der Waals surface area contributed by atoms with Crippen molar-refractivity contribution < 1.29 is 5.11 Å². The topological polar surface area (TPSA) is 49.5 Å². The lowest BCUT2D eigenvalue weighted by molar-refractivity contribution is 0.109. The van der Waals surface area contributed by atoms with Crippen molar-refractivity contribution >= 4 is 0 Å². The Bertz CT molecular complexity index is 179. The molecule has 1 rings (SSSR count). The molecule has 0 atom stereocenters. The standard InChI is InChI=1S/C13H28N2O/c1-2-15(9-6-10-16)12-13(11-14)7-4-3-5-8-13/h16H,2-12,14H2,1H3. The Labute approximate surface area is 100 Å². The van der Waals surface area contributed by atoms with Crippen LogP contribution >= 0.6 is 0 Å². The van der Waals surface area contributed by atoms with E-state index >= 15 is 0 Å². The van der Waals surface area contributed by atoms with Gasteiger partial charge in [-0.15, -0.1) is 0 Å². The summed E-state index contributed by atoms with van der Waals surface area (Å²) in [6, 6.07) is 0. The molecule has 3 N–H and O–H groups in total. The van der Waals surface area contributed by atoms with Crippen LogP contribution in [0.4, 0.5) is 0 Å². The Balaban J connectivity index is 2.45. The van der Waals surface area contributed by atoms with E-state index in [4.69, 9.17) is 10.8 Å². The first-order chi connectivity index (χ1) is 7.76. The number of aliphatic hydroxyl groups excluding tert-OH is 1. The lowest BCUT2D eigenvalue weighted by Crippen LogP contribution is -2.44. The highest BCUT2D eigenvalue weighted by atomic mass is 16.3. The zero-order valence-electron chi connectivity index (χ0n) is 10.7. The van der Waals surface area contributed by atoms with Gasteiger partial charge in [0.2, 0.25) is 0 Å². The molecule has 0 aromatic heterocycles. The van der Waals surface area contributed by atoms with Crippen LogP contribution < -0.4 is 5.73 Å². The van der Waals surface area contributed by atoms with Gasteiger partial charge < -0.3 is 15.7 Å². The molecule has 0 radical (unpaired) electrons. The third-order valence-corrected chi connectivity index (χ3v) is 3.99. The summed E-state index contributed by atoms with van der Waals surface area (Å²) in [5.74, 6) is 0. The van der Waals surface area contributed by atoms with E-state index in [1.807, 2.05) is 0 Å². The van der Waals surface area contributed by atoms with Crippen molar-refractivity contribution in [3.63, 3.8) is 0 Å². The summed E-state index contributed by atoms with van der Waals surface area (Å²) in [5.41, 5.74) is 6.36. The monoisotopic (exact) mass is 228 g/mol. The molecule has 0 saturated heterocycles. The van der Waals surface area contributed by atoms with Crippen LogP contribution in [0.25, 0.3) is 0 Å². The first-order valence-corrected chi connectivity index (χ1v) is 6.79. The van der Waals surface area contributed by atoms with Crippen molar-refractivity contribution in [2.24, 2.45) is 11.1 Å². The summed E-state index contributed by atoms with van der Waals surface area (Å²) < 4.78 is 0. The fraction of sp³-hybridized carbons (Fsp3) is 1.00. The summed E-state index contributed by atoms with van der Waals surface area (Å²) >= 11 is 0. The maximum absolute atomic E-state index is 8.89. The predicted molar refractivity (Wildman–Crippen MR) is 68.4 cm³/mol. The van der Waals surface area contributed by atoms with Crippen LogP contribution in [-0.2, 0) is 0 Å². The molecule has 0 bridgehead atoms. The average molecular weight is 228 g/mol. The molecule has 16 heavy (non-hydrogen) atoms. The first-order valence-electron chi connectivity index (χ1n) is 6.79. The minimum atomic E-state index is 0.298. The molecule has 0 aliphatic heterocycles. The summed E-state index contributed by atoms with van der Waals surface area (Å²) in [6.45, 7) is 6.52. The van der Waals surface area contributed by atoms with E-state index in [0.717, 1.165) is 32.6 Å². The van der Waals surface area contributed by atoms with Gasteiger partial charge in [0, 0.05) is 19.7 Å². The van der Waals surface area contributed by atoms with Gasteiger partial charge in [0.05, 0.1) is 0 Å². The number of nitrogens with two attached hydrogens (primary N) is 1. The Hall–Kier alpha value is -0.120. The maximum atomic E-state index is 8.89. The fourth-order valence-electron chi connectivity index (χ4n) is 2.85. The second-order valence-electron chi connectivity index (χ2n) is 5.21. The molecular formula is C13H28N2O. The molecule has 0 amide bonds. The number of hydrogen-bond acceptors (Lipinski definition) is 3. The van der Waals surface area contributed by atoms with Crippen LogP contribution in [0, 0.1) is 5.41 Å². The fourth-order valence-corrected chi connectivity index (χ4v) is 2.85. The molecule has 1 saturated carbocycles. The van der Waals surface area contributed by atoms with Crippen molar-refractivity contribution in [1.29, 1.82) is 0 Å². The SMILES string of the molecule is CCN(CCCO)CC1(CN)CCCCC1. The normalized spacial score (nSPS) is 20.2. The number of hydrogen-bond donors (Lipinski definition) is 2. The smallest absolute Gasteiger partial charge is 0.0443 e. The largest absolute Gasteiger partial charge is 0.396 e. The number of rotatable bonds is 7. The summed E-state index contributed by atoms with van der Waals surface area (Å²) in [5, 5.41) is 8.89. The van der Waals surface area contributed by atoms with Crippen LogP contribution in [-0.4, -0.2) is 42.8 Å². The zero-order chi connectivity index (χ0) is 11.9. The molecule has 3 nitrogen and oxygen atoms in total. The van der Waals surface area contributed by atoms with Crippen molar-refractivity contribution in [2.75, 3.05) is 32.8 Å². The third-order valence-electron chi connectivity index (χ3n) is 3.99. The van der Waals surface area contributed by atoms with E-state index in [0.29, 0.717) is 12.0 Å². The van der Waals surface area contributed by atoms with E-state index in [1.165, 1.54) is 32.1 Å². The van der Waals surface area contributed by atoms with Crippen LogP contribution in [0.3, 0.4) is 0 Å². The van der Waals surface area contributed by atoms with Gasteiger partial charge in [-0.05, 0) is 37.8 Å². The minimum absolute atomic E-state index is 0.298. The second kappa shape index (κ2) is 7.25. The maximum Gasteiger partial charge on any atom is 0.0443 e. The van der Waals surface area contributed by atoms with Crippen LogP contribution in [0.1, 0.15) is 45.4 Å². The van der Waals surface area contributed by atoms with Crippen molar-refractivity contribution in [3.8, 4) is 0 Å². The van der Waals surface area contributed by atoms with Gasteiger partial charge in [-0.25, -0.2) is 0 Å². The average Bonchev–Trinajstić information content (AvgIpc) is 2.35. The lowest BCUT2D eigenvalue weighted by atomic mass is 9.73. The molecule has 3 heteroatoms. The van der Waals surface area contributed by atoms with Gasteiger partial charge in [-0.2, -0.15) is 0 Å². The van der Waals surface area contributed by atoms with Gasteiger partial charge >= 0.3 is 0 Å².